The minimum Gasteiger partial charge on any atom is -0.493 e. The molecule has 0 radical (unpaired) electrons. The van der Waals surface area contributed by atoms with Gasteiger partial charge in [-0.3, -0.25) is 0 Å². The summed E-state index contributed by atoms with van der Waals surface area (Å²) in [4.78, 5) is 17.0. The molecule has 3 nitrogen and oxygen atoms in total. The third kappa shape index (κ3) is 4.27. The quantitative estimate of drug-likeness (QED) is 0.454. The number of ether oxygens (including phenoxy) is 1. The number of carbonyl (C=O) groups excluding carboxylic acids is 1. The molecule has 4 heteroatoms. The van der Waals surface area contributed by atoms with E-state index in [4.69, 9.17) is 9.72 Å². The lowest BCUT2D eigenvalue weighted by molar-refractivity contribution is -0.108. The minimum absolute atomic E-state index is 0.387. The van der Waals surface area contributed by atoms with Gasteiger partial charge < -0.3 is 9.53 Å². The fourth-order valence-electron chi connectivity index (χ4n) is 4.06. The number of aldehydes is 1. The molecule has 150 valence electrons. The molecule has 1 aromatic heterocycles. The first-order valence-electron chi connectivity index (χ1n) is 10.3. The summed E-state index contributed by atoms with van der Waals surface area (Å²) in [7, 11) is 0. The lowest BCUT2D eigenvalue weighted by Crippen LogP contribution is -2.03. The summed E-state index contributed by atoms with van der Waals surface area (Å²) in [6.07, 6.45) is 4.57. The van der Waals surface area contributed by atoms with Crippen LogP contribution in [0.4, 0.5) is 0 Å². The standard InChI is InChI=1S/C25H27NO2S/c1-16-4-5-21(14-17(16)2)25-26-24(18(3)29-25)11-13-28-22-8-9-23-19(10-12-27)6-7-20(23)15-22/h4-5,8-9,12,14-15,19H,6-7,10-11,13H2,1-3H3/t19-/m0/s1. The van der Waals surface area contributed by atoms with Crippen molar-refractivity contribution in [2.24, 2.45) is 0 Å². The predicted octanol–water partition coefficient (Wildman–Crippen LogP) is 5.98. The van der Waals surface area contributed by atoms with E-state index in [1.807, 2.05) is 6.07 Å². The fourth-order valence-corrected chi connectivity index (χ4v) is 5.01. The summed E-state index contributed by atoms with van der Waals surface area (Å²) in [6, 6.07) is 12.9. The molecule has 0 aliphatic heterocycles. The van der Waals surface area contributed by atoms with Crippen LogP contribution in [0, 0.1) is 20.8 Å². The maximum atomic E-state index is 10.8. The number of benzene rings is 2. The van der Waals surface area contributed by atoms with Gasteiger partial charge in [-0.05, 0) is 80.0 Å². The lowest BCUT2D eigenvalue weighted by atomic mass is 9.99. The van der Waals surface area contributed by atoms with Gasteiger partial charge in [0.05, 0.1) is 12.3 Å². The Morgan fingerprint density at radius 2 is 2.00 bits per heavy atom. The number of hydrogen-bond acceptors (Lipinski definition) is 4. The second kappa shape index (κ2) is 8.50. The topological polar surface area (TPSA) is 39.2 Å². The predicted molar refractivity (Wildman–Crippen MR) is 119 cm³/mol. The second-order valence-electron chi connectivity index (χ2n) is 7.92. The van der Waals surface area contributed by atoms with Crippen LogP contribution in [0.2, 0.25) is 0 Å². The Morgan fingerprint density at radius 3 is 2.79 bits per heavy atom. The zero-order valence-electron chi connectivity index (χ0n) is 17.3. The van der Waals surface area contributed by atoms with Crippen molar-refractivity contribution in [1.82, 2.24) is 4.98 Å². The zero-order chi connectivity index (χ0) is 20.4. The molecule has 1 heterocycles. The Morgan fingerprint density at radius 1 is 1.14 bits per heavy atom. The van der Waals surface area contributed by atoms with Crippen molar-refractivity contribution in [3.05, 3.63) is 69.2 Å². The van der Waals surface area contributed by atoms with Crippen LogP contribution in [0.3, 0.4) is 0 Å². The van der Waals surface area contributed by atoms with Crippen LogP contribution in [0.25, 0.3) is 10.6 Å². The SMILES string of the molecule is Cc1ccc(-c2nc(CCOc3ccc4c(c3)CC[C@H]4CC=O)c(C)s2)cc1C. The number of nitrogens with zero attached hydrogens (tertiary/aromatic N) is 1. The maximum Gasteiger partial charge on any atom is 0.123 e. The van der Waals surface area contributed by atoms with Crippen LogP contribution in [-0.2, 0) is 17.6 Å². The largest absolute Gasteiger partial charge is 0.493 e. The Balaban J connectivity index is 1.39. The lowest BCUT2D eigenvalue weighted by Gasteiger charge is -2.10. The molecule has 0 bridgehead atoms. The zero-order valence-corrected chi connectivity index (χ0v) is 18.1. The number of fused-ring (bicyclic) bond motifs is 1. The number of carbonyl (C=O) groups is 1. The first kappa shape index (κ1) is 19.8. The van der Waals surface area contributed by atoms with Crippen molar-refractivity contribution in [2.45, 2.75) is 52.4 Å². The summed E-state index contributed by atoms with van der Waals surface area (Å²) < 4.78 is 6.03. The fraction of sp³-hybridized carbons (Fsp3) is 0.360. The molecule has 1 atom stereocenters. The minimum atomic E-state index is 0.387. The van der Waals surface area contributed by atoms with Crippen molar-refractivity contribution in [2.75, 3.05) is 6.61 Å². The van der Waals surface area contributed by atoms with Gasteiger partial charge in [-0.2, -0.15) is 0 Å². The van der Waals surface area contributed by atoms with E-state index in [2.05, 4.69) is 51.1 Å². The monoisotopic (exact) mass is 405 g/mol. The van der Waals surface area contributed by atoms with Crippen LogP contribution < -0.4 is 4.74 Å². The first-order chi connectivity index (χ1) is 14.0. The van der Waals surface area contributed by atoms with Crippen LogP contribution in [0.1, 0.15) is 51.6 Å². The molecule has 0 saturated carbocycles. The van der Waals surface area contributed by atoms with E-state index < -0.39 is 0 Å². The van der Waals surface area contributed by atoms with Crippen molar-refractivity contribution < 1.29 is 9.53 Å². The van der Waals surface area contributed by atoms with E-state index in [1.165, 1.54) is 32.7 Å². The van der Waals surface area contributed by atoms with E-state index in [0.29, 0.717) is 18.9 Å². The van der Waals surface area contributed by atoms with Crippen LogP contribution in [-0.4, -0.2) is 17.9 Å². The van der Waals surface area contributed by atoms with Crippen LogP contribution in [0.5, 0.6) is 5.75 Å². The molecular formula is C25H27NO2S. The van der Waals surface area contributed by atoms with Gasteiger partial charge in [0.1, 0.15) is 17.0 Å². The summed E-state index contributed by atoms with van der Waals surface area (Å²) in [5.74, 6) is 1.30. The number of aromatic nitrogens is 1. The van der Waals surface area contributed by atoms with Gasteiger partial charge in [0.15, 0.2) is 0 Å². The Kier molecular flexibility index (Phi) is 5.81. The summed E-state index contributed by atoms with van der Waals surface area (Å²) >= 11 is 1.75. The van der Waals surface area contributed by atoms with Gasteiger partial charge in [-0.15, -0.1) is 11.3 Å². The molecule has 3 aromatic rings. The average molecular weight is 406 g/mol. The van der Waals surface area contributed by atoms with E-state index in [1.54, 1.807) is 11.3 Å². The highest BCUT2D eigenvalue weighted by Gasteiger charge is 2.22. The summed E-state index contributed by atoms with van der Waals surface area (Å²) in [6.45, 7) is 7.04. The molecule has 0 spiro atoms. The first-order valence-corrected chi connectivity index (χ1v) is 11.1. The van der Waals surface area contributed by atoms with E-state index in [9.17, 15) is 4.79 Å². The highest BCUT2D eigenvalue weighted by Crippen LogP contribution is 2.37. The van der Waals surface area contributed by atoms with E-state index >= 15 is 0 Å². The highest BCUT2D eigenvalue weighted by molar-refractivity contribution is 7.15. The van der Waals surface area contributed by atoms with Crippen molar-refractivity contribution in [1.29, 1.82) is 0 Å². The maximum absolute atomic E-state index is 10.8. The molecule has 2 aromatic carbocycles. The van der Waals surface area contributed by atoms with E-state index in [0.717, 1.165) is 42.0 Å². The van der Waals surface area contributed by atoms with Crippen molar-refractivity contribution >= 4 is 17.6 Å². The van der Waals surface area contributed by atoms with Crippen molar-refractivity contribution in [3.63, 3.8) is 0 Å². The Labute approximate surface area is 176 Å². The molecule has 1 aliphatic rings. The third-order valence-electron chi connectivity index (χ3n) is 5.95. The number of hydrogen-bond donors (Lipinski definition) is 0. The van der Waals surface area contributed by atoms with Gasteiger partial charge in [0.25, 0.3) is 0 Å². The molecule has 0 saturated heterocycles. The Bertz CT molecular complexity index is 1040. The molecule has 0 fully saturated rings. The van der Waals surface area contributed by atoms with Crippen molar-refractivity contribution in [3.8, 4) is 16.3 Å². The molecule has 1 aliphatic carbocycles. The van der Waals surface area contributed by atoms with Crippen LogP contribution in [0.15, 0.2) is 36.4 Å². The average Bonchev–Trinajstić information content (AvgIpc) is 3.28. The second-order valence-corrected chi connectivity index (χ2v) is 9.12. The molecular weight excluding hydrogens is 378 g/mol. The van der Waals surface area contributed by atoms with Gasteiger partial charge in [-0.1, -0.05) is 18.2 Å². The molecule has 0 unspecified atom stereocenters. The van der Waals surface area contributed by atoms with Gasteiger partial charge in [0.2, 0.25) is 0 Å². The highest BCUT2D eigenvalue weighted by atomic mass is 32.1. The normalized spacial score (nSPS) is 15.3. The summed E-state index contributed by atoms with van der Waals surface area (Å²) in [5, 5.41) is 1.08. The van der Waals surface area contributed by atoms with Gasteiger partial charge >= 0.3 is 0 Å². The summed E-state index contributed by atoms with van der Waals surface area (Å²) in [5.41, 5.74) is 7.57. The molecule has 0 N–H and O–H groups in total. The Hall–Kier alpha value is -2.46. The number of rotatable bonds is 7. The number of aryl methyl sites for hydroxylation is 4. The third-order valence-corrected chi connectivity index (χ3v) is 7.01. The smallest absolute Gasteiger partial charge is 0.123 e. The molecule has 29 heavy (non-hydrogen) atoms. The van der Waals surface area contributed by atoms with E-state index in [-0.39, 0.29) is 0 Å². The molecule has 4 rings (SSSR count). The van der Waals surface area contributed by atoms with Gasteiger partial charge in [0, 0.05) is 23.3 Å². The molecule has 0 amide bonds. The van der Waals surface area contributed by atoms with Gasteiger partial charge in [-0.25, -0.2) is 4.98 Å². The van der Waals surface area contributed by atoms with Crippen LogP contribution >= 0.6 is 11.3 Å². The number of thiazole rings is 1.